The Morgan fingerprint density at radius 1 is 1.12 bits per heavy atom. The van der Waals surface area contributed by atoms with Gasteiger partial charge in [0.05, 0.1) is 0 Å². The van der Waals surface area contributed by atoms with E-state index in [-0.39, 0.29) is 23.9 Å². The van der Waals surface area contributed by atoms with Crippen molar-refractivity contribution < 1.29 is 9.59 Å². The number of carbonyl (C=O) groups excluding carboxylic acids is 2. The molecule has 1 atom stereocenters. The molecular weight excluding hydrogens is 314 g/mol. The SMILES string of the molecule is CC(C)C(=O)N1CCC(NC(=O)NCCC(C)c2ccccc2)CC1. The van der Waals surface area contributed by atoms with E-state index in [9.17, 15) is 9.59 Å². The van der Waals surface area contributed by atoms with Crippen LogP contribution < -0.4 is 10.6 Å². The predicted octanol–water partition coefficient (Wildman–Crippen LogP) is 3.13. The van der Waals surface area contributed by atoms with Crippen molar-refractivity contribution in [1.29, 1.82) is 0 Å². The van der Waals surface area contributed by atoms with Crippen molar-refractivity contribution in [2.75, 3.05) is 19.6 Å². The molecule has 1 heterocycles. The van der Waals surface area contributed by atoms with E-state index in [0.717, 1.165) is 32.4 Å². The van der Waals surface area contributed by atoms with Crippen LogP contribution >= 0.6 is 0 Å². The van der Waals surface area contributed by atoms with Gasteiger partial charge in [-0.1, -0.05) is 51.1 Å². The summed E-state index contributed by atoms with van der Waals surface area (Å²) in [5, 5.41) is 5.99. The molecule has 0 saturated carbocycles. The largest absolute Gasteiger partial charge is 0.342 e. The Morgan fingerprint density at radius 3 is 2.36 bits per heavy atom. The monoisotopic (exact) mass is 345 g/mol. The third kappa shape index (κ3) is 6.07. The van der Waals surface area contributed by atoms with Crippen LogP contribution in [0.15, 0.2) is 30.3 Å². The molecule has 0 spiro atoms. The summed E-state index contributed by atoms with van der Waals surface area (Å²) >= 11 is 0. The van der Waals surface area contributed by atoms with Gasteiger partial charge in [0, 0.05) is 31.6 Å². The Kier molecular flexibility index (Phi) is 7.29. The molecule has 1 aliphatic rings. The van der Waals surface area contributed by atoms with Gasteiger partial charge in [-0.3, -0.25) is 4.79 Å². The van der Waals surface area contributed by atoms with E-state index in [1.165, 1.54) is 5.56 Å². The standard InChI is InChI=1S/C20H31N3O2/c1-15(2)19(24)23-13-10-18(11-14-23)22-20(25)21-12-9-16(3)17-7-5-4-6-8-17/h4-8,15-16,18H,9-14H2,1-3H3,(H2,21,22,25). The summed E-state index contributed by atoms with van der Waals surface area (Å²) in [5.41, 5.74) is 1.30. The van der Waals surface area contributed by atoms with Crippen LogP contribution in [0, 0.1) is 5.92 Å². The van der Waals surface area contributed by atoms with Gasteiger partial charge in [-0.25, -0.2) is 4.79 Å². The number of nitrogens with zero attached hydrogens (tertiary/aromatic N) is 1. The molecule has 138 valence electrons. The molecule has 2 rings (SSSR count). The van der Waals surface area contributed by atoms with Crippen LogP contribution in [0.25, 0.3) is 0 Å². The van der Waals surface area contributed by atoms with Crippen molar-refractivity contribution in [2.24, 2.45) is 5.92 Å². The maximum absolute atomic E-state index is 12.1. The minimum atomic E-state index is -0.103. The Hall–Kier alpha value is -2.04. The number of urea groups is 1. The number of benzene rings is 1. The molecule has 1 aliphatic heterocycles. The second-order valence-electron chi connectivity index (χ2n) is 7.25. The van der Waals surface area contributed by atoms with Crippen molar-refractivity contribution in [2.45, 2.75) is 52.0 Å². The maximum Gasteiger partial charge on any atom is 0.315 e. The minimum absolute atomic E-state index is 0.0411. The fourth-order valence-electron chi connectivity index (χ4n) is 3.20. The number of hydrogen-bond donors (Lipinski definition) is 2. The summed E-state index contributed by atoms with van der Waals surface area (Å²) in [6.45, 7) is 8.15. The average Bonchev–Trinajstić information content (AvgIpc) is 2.62. The molecule has 1 saturated heterocycles. The van der Waals surface area contributed by atoms with Crippen LogP contribution in [0.5, 0.6) is 0 Å². The number of likely N-dealkylation sites (tertiary alicyclic amines) is 1. The average molecular weight is 345 g/mol. The van der Waals surface area contributed by atoms with Crippen LogP contribution in [0.2, 0.25) is 0 Å². The lowest BCUT2D eigenvalue weighted by molar-refractivity contribution is -0.135. The summed E-state index contributed by atoms with van der Waals surface area (Å²) in [4.78, 5) is 25.9. The molecule has 1 aromatic rings. The van der Waals surface area contributed by atoms with Gasteiger partial charge < -0.3 is 15.5 Å². The highest BCUT2D eigenvalue weighted by molar-refractivity contribution is 5.78. The number of nitrogens with one attached hydrogen (secondary N) is 2. The summed E-state index contributed by atoms with van der Waals surface area (Å²) in [5.74, 6) is 0.670. The first-order chi connectivity index (χ1) is 12.0. The number of rotatable bonds is 6. The third-order valence-electron chi connectivity index (χ3n) is 4.87. The Labute approximate surface area is 151 Å². The molecule has 0 aliphatic carbocycles. The fraction of sp³-hybridized carbons (Fsp3) is 0.600. The summed E-state index contributed by atoms with van der Waals surface area (Å²) in [6.07, 6.45) is 2.57. The smallest absolute Gasteiger partial charge is 0.315 e. The molecule has 5 heteroatoms. The van der Waals surface area contributed by atoms with Crippen LogP contribution in [-0.2, 0) is 4.79 Å². The Balaban J connectivity index is 1.64. The number of piperidine rings is 1. The molecule has 0 aromatic heterocycles. The van der Waals surface area contributed by atoms with Crippen molar-refractivity contribution in [3.05, 3.63) is 35.9 Å². The van der Waals surface area contributed by atoms with Gasteiger partial charge in [-0.05, 0) is 30.7 Å². The molecule has 2 N–H and O–H groups in total. The molecule has 1 unspecified atom stereocenters. The first-order valence-corrected chi connectivity index (χ1v) is 9.35. The van der Waals surface area contributed by atoms with Gasteiger partial charge in [-0.2, -0.15) is 0 Å². The topological polar surface area (TPSA) is 61.4 Å². The number of hydrogen-bond acceptors (Lipinski definition) is 2. The molecule has 1 aromatic carbocycles. The van der Waals surface area contributed by atoms with Crippen molar-refractivity contribution >= 4 is 11.9 Å². The highest BCUT2D eigenvalue weighted by Gasteiger charge is 2.24. The maximum atomic E-state index is 12.1. The lowest BCUT2D eigenvalue weighted by atomic mass is 9.98. The van der Waals surface area contributed by atoms with E-state index in [2.05, 4.69) is 29.7 Å². The highest BCUT2D eigenvalue weighted by atomic mass is 16.2. The number of amides is 3. The normalized spacial score (nSPS) is 16.6. The molecule has 3 amide bonds. The van der Waals surface area contributed by atoms with E-state index in [1.807, 2.05) is 36.9 Å². The molecule has 25 heavy (non-hydrogen) atoms. The van der Waals surface area contributed by atoms with Gasteiger partial charge in [-0.15, -0.1) is 0 Å². The van der Waals surface area contributed by atoms with Crippen molar-refractivity contribution in [3.63, 3.8) is 0 Å². The number of carbonyl (C=O) groups is 2. The quantitative estimate of drug-likeness (QED) is 0.832. The first-order valence-electron chi connectivity index (χ1n) is 9.35. The second-order valence-corrected chi connectivity index (χ2v) is 7.25. The van der Waals surface area contributed by atoms with Gasteiger partial charge in [0.2, 0.25) is 5.91 Å². The zero-order valence-corrected chi connectivity index (χ0v) is 15.6. The second kappa shape index (κ2) is 9.44. The van der Waals surface area contributed by atoms with Gasteiger partial charge in [0.25, 0.3) is 0 Å². The third-order valence-corrected chi connectivity index (χ3v) is 4.87. The van der Waals surface area contributed by atoms with Crippen molar-refractivity contribution in [3.8, 4) is 0 Å². The van der Waals surface area contributed by atoms with Gasteiger partial charge in [0.15, 0.2) is 0 Å². The summed E-state index contributed by atoms with van der Waals surface area (Å²) < 4.78 is 0. The highest BCUT2D eigenvalue weighted by Crippen LogP contribution is 2.17. The van der Waals surface area contributed by atoms with E-state index in [4.69, 9.17) is 0 Å². The molecule has 0 bridgehead atoms. The van der Waals surface area contributed by atoms with Crippen LogP contribution in [0.3, 0.4) is 0 Å². The van der Waals surface area contributed by atoms with E-state index < -0.39 is 0 Å². The zero-order valence-electron chi connectivity index (χ0n) is 15.6. The van der Waals surface area contributed by atoms with E-state index in [1.54, 1.807) is 0 Å². The van der Waals surface area contributed by atoms with Gasteiger partial charge in [0.1, 0.15) is 0 Å². The van der Waals surface area contributed by atoms with Crippen LogP contribution in [0.1, 0.15) is 51.5 Å². The summed E-state index contributed by atoms with van der Waals surface area (Å²) in [7, 11) is 0. The first kappa shape index (κ1) is 19.3. The molecular formula is C20H31N3O2. The molecule has 5 nitrogen and oxygen atoms in total. The van der Waals surface area contributed by atoms with Crippen molar-refractivity contribution in [1.82, 2.24) is 15.5 Å². The van der Waals surface area contributed by atoms with Crippen LogP contribution in [0.4, 0.5) is 4.79 Å². The predicted molar refractivity (Wildman–Crippen MR) is 100 cm³/mol. The van der Waals surface area contributed by atoms with E-state index in [0.29, 0.717) is 12.5 Å². The van der Waals surface area contributed by atoms with Crippen LogP contribution in [-0.4, -0.2) is 42.5 Å². The Bertz CT molecular complexity index is 551. The lowest BCUT2D eigenvalue weighted by Crippen LogP contribution is -2.49. The fourth-order valence-corrected chi connectivity index (χ4v) is 3.20. The minimum Gasteiger partial charge on any atom is -0.342 e. The van der Waals surface area contributed by atoms with Gasteiger partial charge >= 0.3 is 6.03 Å². The summed E-state index contributed by atoms with van der Waals surface area (Å²) in [6, 6.07) is 10.4. The Morgan fingerprint density at radius 2 is 1.76 bits per heavy atom. The zero-order chi connectivity index (χ0) is 18.2. The molecule has 0 radical (unpaired) electrons. The molecule has 1 fully saturated rings. The lowest BCUT2D eigenvalue weighted by Gasteiger charge is -2.33. The van der Waals surface area contributed by atoms with E-state index >= 15 is 0 Å².